The first-order valence-electron chi connectivity index (χ1n) is 7.93. The molecule has 0 saturated heterocycles. The monoisotopic (exact) mass is 368 g/mol. The minimum absolute atomic E-state index is 0.0339. The van der Waals surface area contributed by atoms with Crippen molar-refractivity contribution in [3.05, 3.63) is 29.8 Å². The Hall–Kier alpha value is -2.81. The van der Waals surface area contributed by atoms with E-state index in [4.69, 9.17) is 4.74 Å². The van der Waals surface area contributed by atoms with Crippen LogP contribution >= 0.6 is 0 Å². The maximum absolute atomic E-state index is 12.2. The molecule has 2 atom stereocenters. The van der Waals surface area contributed by atoms with Crippen LogP contribution in [-0.4, -0.2) is 57.6 Å². The quantitative estimate of drug-likeness (QED) is 0.468. The van der Waals surface area contributed by atoms with Gasteiger partial charge in [0.1, 0.15) is 23.4 Å². The average Bonchev–Trinajstić information content (AvgIpc) is 2.52. The third-order valence-corrected chi connectivity index (χ3v) is 3.18. The van der Waals surface area contributed by atoms with Gasteiger partial charge in [-0.1, -0.05) is 12.1 Å². The maximum atomic E-state index is 12.2. The van der Waals surface area contributed by atoms with Crippen molar-refractivity contribution in [2.75, 3.05) is 6.61 Å². The van der Waals surface area contributed by atoms with Crippen LogP contribution in [0.5, 0.6) is 5.75 Å². The van der Waals surface area contributed by atoms with E-state index in [0.717, 1.165) is 0 Å². The fourth-order valence-corrected chi connectivity index (χ4v) is 1.98. The number of nitrogens with one attached hydrogen (secondary N) is 2. The molecular weight excluding hydrogens is 344 g/mol. The van der Waals surface area contributed by atoms with E-state index in [1.165, 1.54) is 24.3 Å². The Kier molecular flexibility index (Phi) is 7.39. The van der Waals surface area contributed by atoms with Crippen molar-refractivity contribution in [3.63, 3.8) is 0 Å². The van der Waals surface area contributed by atoms with Gasteiger partial charge in [-0.2, -0.15) is 0 Å². The predicted octanol–water partition coefficient (Wildman–Crippen LogP) is 0.390. The number of aliphatic carboxylic acids is 1. The Morgan fingerprint density at radius 1 is 1.08 bits per heavy atom. The van der Waals surface area contributed by atoms with Crippen molar-refractivity contribution in [2.45, 2.75) is 44.9 Å². The first-order valence-corrected chi connectivity index (χ1v) is 7.93. The van der Waals surface area contributed by atoms with Crippen LogP contribution in [0.2, 0.25) is 0 Å². The van der Waals surface area contributed by atoms with Crippen molar-refractivity contribution < 1.29 is 34.4 Å². The number of hydrogen-bond donors (Lipinski definition) is 5. The summed E-state index contributed by atoms with van der Waals surface area (Å²) in [6, 6.07) is 3.22. The van der Waals surface area contributed by atoms with Crippen molar-refractivity contribution in [1.29, 1.82) is 0 Å². The molecule has 0 aromatic heterocycles. The molecule has 0 heterocycles. The number of carbonyl (C=O) groups excluding carboxylic acids is 2. The highest BCUT2D eigenvalue weighted by molar-refractivity contribution is 5.89. The summed E-state index contributed by atoms with van der Waals surface area (Å²) in [6.45, 7) is 4.19. The molecule has 0 spiro atoms. The average molecular weight is 368 g/mol. The fourth-order valence-electron chi connectivity index (χ4n) is 1.98. The molecule has 9 heteroatoms. The number of carbonyl (C=O) groups is 3. The molecule has 144 valence electrons. The number of benzene rings is 1. The van der Waals surface area contributed by atoms with Crippen LogP contribution in [0, 0.1) is 0 Å². The number of aliphatic hydroxyl groups is 1. The first kappa shape index (κ1) is 21.2. The van der Waals surface area contributed by atoms with Crippen molar-refractivity contribution in [1.82, 2.24) is 10.6 Å². The van der Waals surface area contributed by atoms with Crippen molar-refractivity contribution in [2.24, 2.45) is 0 Å². The second-order valence-electron chi connectivity index (χ2n) is 6.65. The summed E-state index contributed by atoms with van der Waals surface area (Å²) < 4.78 is 5.00. The summed E-state index contributed by atoms with van der Waals surface area (Å²) in [7, 11) is 0. The van der Waals surface area contributed by atoms with E-state index in [-0.39, 0.29) is 12.2 Å². The molecule has 0 unspecified atom stereocenters. The molecule has 1 aromatic rings. The van der Waals surface area contributed by atoms with E-state index in [1.807, 2.05) is 0 Å². The molecule has 0 aliphatic heterocycles. The number of phenols is 1. The lowest BCUT2D eigenvalue weighted by molar-refractivity contribution is -0.142. The number of phenolic OH excluding ortho intramolecular Hbond substituents is 1. The van der Waals surface area contributed by atoms with Gasteiger partial charge in [-0.25, -0.2) is 9.59 Å². The highest BCUT2D eigenvalue weighted by Gasteiger charge is 2.28. The second kappa shape index (κ2) is 9.04. The lowest BCUT2D eigenvalue weighted by Gasteiger charge is -2.23. The number of rotatable bonds is 7. The van der Waals surface area contributed by atoms with Crippen LogP contribution < -0.4 is 10.6 Å². The van der Waals surface area contributed by atoms with Crippen LogP contribution in [0.4, 0.5) is 4.79 Å². The Balaban J connectivity index is 2.73. The molecule has 1 rings (SSSR count). The molecule has 2 amide bonds. The van der Waals surface area contributed by atoms with E-state index in [1.54, 1.807) is 20.8 Å². The highest BCUT2D eigenvalue weighted by atomic mass is 16.6. The van der Waals surface area contributed by atoms with Gasteiger partial charge in [-0.15, -0.1) is 0 Å². The van der Waals surface area contributed by atoms with E-state index >= 15 is 0 Å². The number of aromatic hydroxyl groups is 1. The van der Waals surface area contributed by atoms with Gasteiger partial charge >= 0.3 is 12.1 Å². The van der Waals surface area contributed by atoms with Crippen molar-refractivity contribution >= 4 is 18.0 Å². The third-order valence-electron chi connectivity index (χ3n) is 3.18. The normalized spacial score (nSPS) is 13.4. The molecular formula is C17H24N2O7. The Morgan fingerprint density at radius 2 is 1.65 bits per heavy atom. The van der Waals surface area contributed by atoms with Crippen molar-refractivity contribution in [3.8, 4) is 5.75 Å². The standard InChI is InChI=1S/C17H24N2O7/c1-17(2,3)26-16(25)19-13(9-20)14(22)18-12(15(23)24)8-10-4-6-11(21)7-5-10/h4-7,12-13,20-21H,8-9H2,1-3H3,(H,18,22)(H,19,25)(H,23,24)/t12-,13-/m0/s1. The molecule has 0 fully saturated rings. The van der Waals surface area contributed by atoms with Gasteiger partial charge in [0.05, 0.1) is 6.61 Å². The SMILES string of the molecule is CC(C)(C)OC(=O)N[C@@H](CO)C(=O)N[C@@H](Cc1ccc(O)cc1)C(=O)O. The fraction of sp³-hybridized carbons (Fsp3) is 0.471. The predicted molar refractivity (Wildman–Crippen MR) is 91.6 cm³/mol. The zero-order valence-corrected chi connectivity index (χ0v) is 14.9. The van der Waals surface area contributed by atoms with Crippen LogP contribution in [0.25, 0.3) is 0 Å². The highest BCUT2D eigenvalue weighted by Crippen LogP contribution is 2.12. The van der Waals surface area contributed by atoms with Crippen LogP contribution in [0.15, 0.2) is 24.3 Å². The second-order valence-corrected chi connectivity index (χ2v) is 6.65. The number of alkyl carbamates (subject to hydrolysis) is 1. The number of carboxylic acids is 1. The van der Waals surface area contributed by atoms with Crippen LogP contribution in [0.3, 0.4) is 0 Å². The zero-order chi connectivity index (χ0) is 19.9. The van der Waals surface area contributed by atoms with E-state index in [0.29, 0.717) is 5.56 Å². The summed E-state index contributed by atoms with van der Waals surface area (Å²) in [5.74, 6) is -2.10. The van der Waals surface area contributed by atoms with Gasteiger partial charge in [-0.05, 0) is 38.5 Å². The number of aliphatic hydroxyl groups excluding tert-OH is 1. The molecule has 26 heavy (non-hydrogen) atoms. The number of hydrogen-bond acceptors (Lipinski definition) is 6. The van der Waals surface area contributed by atoms with E-state index in [2.05, 4.69) is 10.6 Å². The summed E-state index contributed by atoms with van der Waals surface area (Å²) in [6.07, 6.45) is -0.941. The number of amides is 2. The minimum Gasteiger partial charge on any atom is -0.508 e. The van der Waals surface area contributed by atoms with Gasteiger partial charge < -0.3 is 30.7 Å². The van der Waals surface area contributed by atoms with Gasteiger partial charge in [0, 0.05) is 6.42 Å². The number of ether oxygens (including phenoxy) is 1. The lowest BCUT2D eigenvalue weighted by Crippen LogP contribution is -2.54. The summed E-state index contributed by atoms with van der Waals surface area (Å²) >= 11 is 0. The third kappa shape index (κ3) is 7.39. The topological polar surface area (TPSA) is 145 Å². The van der Waals surface area contributed by atoms with Crippen LogP contribution in [-0.2, 0) is 20.7 Å². The van der Waals surface area contributed by atoms with Gasteiger partial charge in [-0.3, -0.25) is 4.79 Å². The van der Waals surface area contributed by atoms with E-state index in [9.17, 15) is 29.7 Å². The molecule has 0 aliphatic rings. The Labute approximate surface area is 151 Å². The molecule has 0 radical (unpaired) electrons. The molecule has 5 N–H and O–H groups in total. The molecule has 0 saturated carbocycles. The smallest absolute Gasteiger partial charge is 0.408 e. The first-order chi connectivity index (χ1) is 12.0. The zero-order valence-electron chi connectivity index (χ0n) is 14.9. The molecule has 0 bridgehead atoms. The Bertz CT molecular complexity index is 638. The Morgan fingerprint density at radius 3 is 2.12 bits per heavy atom. The van der Waals surface area contributed by atoms with Gasteiger partial charge in [0.25, 0.3) is 0 Å². The van der Waals surface area contributed by atoms with Gasteiger partial charge in [0.2, 0.25) is 5.91 Å². The van der Waals surface area contributed by atoms with E-state index < -0.39 is 42.3 Å². The summed E-state index contributed by atoms with van der Waals surface area (Å²) in [4.78, 5) is 35.3. The number of carboxylic acid groups (broad SMARTS) is 1. The minimum atomic E-state index is -1.36. The summed E-state index contributed by atoms with van der Waals surface area (Å²) in [5.41, 5.74) is -0.209. The molecule has 0 aliphatic carbocycles. The molecule has 1 aromatic carbocycles. The summed E-state index contributed by atoms with van der Waals surface area (Å²) in [5, 5.41) is 32.3. The maximum Gasteiger partial charge on any atom is 0.408 e. The molecule has 9 nitrogen and oxygen atoms in total. The lowest BCUT2D eigenvalue weighted by atomic mass is 10.1. The largest absolute Gasteiger partial charge is 0.508 e. The van der Waals surface area contributed by atoms with Gasteiger partial charge in [0.15, 0.2) is 0 Å². The van der Waals surface area contributed by atoms with Crippen LogP contribution in [0.1, 0.15) is 26.3 Å².